The smallest absolute Gasteiger partial charge is 0.323 e. The third-order valence-corrected chi connectivity index (χ3v) is 5.12. The Morgan fingerprint density at radius 3 is 2.26 bits per heavy atom. The maximum atomic E-state index is 12.3. The van der Waals surface area contributed by atoms with Crippen molar-refractivity contribution < 1.29 is 9.32 Å². The standard InChI is InChI=1S/C24H25N5O2/c1-14(2)17-6-10-20(11-7-17)28-24(30)27-19-8-4-16(5-9-19)13-18-12-15(3)26-23-21(18)22(25)29-31-23/h4-12,14H,13H2,1-3H3,(H2,25,29)(H2,27,28,30). The highest BCUT2D eigenvalue weighted by atomic mass is 16.5. The van der Waals surface area contributed by atoms with Crippen LogP contribution in [0.4, 0.5) is 22.0 Å². The van der Waals surface area contributed by atoms with Crippen LogP contribution < -0.4 is 16.4 Å². The highest BCUT2D eigenvalue weighted by Gasteiger charge is 2.13. The molecule has 7 nitrogen and oxygen atoms in total. The molecule has 0 bridgehead atoms. The number of nitrogens with two attached hydrogens (primary N) is 1. The number of amides is 2. The summed E-state index contributed by atoms with van der Waals surface area (Å²) in [6, 6.07) is 17.3. The molecule has 4 rings (SSSR count). The second-order valence-electron chi connectivity index (χ2n) is 7.90. The fourth-order valence-corrected chi connectivity index (χ4v) is 3.50. The Morgan fingerprint density at radius 1 is 1.03 bits per heavy atom. The minimum absolute atomic E-state index is 0.284. The van der Waals surface area contributed by atoms with Crippen LogP contribution in [0.1, 0.15) is 42.1 Å². The van der Waals surface area contributed by atoms with Crippen molar-refractivity contribution in [2.24, 2.45) is 0 Å². The van der Waals surface area contributed by atoms with Crippen molar-refractivity contribution in [1.29, 1.82) is 0 Å². The summed E-state index contributed by atoms with van der Waals surface area (Å²) in [7, 11) is 0. The van der Waals surface area contributed by atoms with Gasteiger partial charge in [0.15, 0.2) is 5.82 Å². The lowest BCUT2D eigenvalue weighted by Crippen LogP contribution is -2.19. The first kappa shape index (κ1) is 20.4. The van der Waals surface area contributed by atoms with E-state index in [0.29, 0.717) is 29.6 Å². The Bertz CT molecular complexity index is 1210. The summed E-state index contributed by atoms with van der Waals surface area (Å²) in [6.07, 6.45) is 0.653. The van der Waals surface area contributed by atoms with Gasteiger partial charge in [-0.1, -0.05) is 43.3 Å². The lowest BCUT2D eigenvalue weighted by Gasteiger charge is -2.10. The van der Waals surface area contributed by atoms with E-state index < -0.39 is 0 Å². The molecule has 2 heterocycles. The van der Waals surface area contributed by atoms with Gasteiger partial charge in [-0.3, -0.25) is 0 Å². The van der Waals surface area contributed by atoms with E-state index >= 15 is 0 Å². The topological polar surface area (TPSA) is 106 Å². The number of urea groups is 1. The number of hydrogen-bond donors (Lipinski definition) is 3. The summed E-state index contributed by atoms with van der Waals surface area (Å²) in [4.78, 5) is 16.6. The van der Waals surface area contributed by atoms with Gasteiger partial charge in [-0.05, 0) is 66.3 Å². The molecule has 2 amide bonds. The molecule has 0 saturated heterocycles. The van der Waals surface area contributed by atoms with Crippen molar-refractivity contribution in [3.05, 3.63) is 77.0 Å². The quantitative estimate of drug-likeness (QED) is 0.401. The van der Waals surface area contributed by atoms with Crippen molar-refractivity contribution in [2.45, 2.75) is 33.1 Å². The molecule has 0 aliphatic heterocycles. The molecule has 7 heteroatoms. The fraction of sp³-hybridized carbons (Fsp3) is 0.208. The summed E-state index contributed by atoms with van der Waals surface area (Å²) in [5, 5.41) is 10.3. The highest BCUT2D eigenvalue weighted by molar-refractivity contribution is 5.99. The third-order valence-electron chi connectivity index (χ3n) is 5.12. The molecule has 2 aromatic carbocycles. The number of rotatable bonds is 5. The van der Waals surface area contributed by atoms with Gasteiger partial charge in [-0.2, -0.15) is 0 Å². The van der Waals surface area contributed by atoms with Gasteiger partial charge in [-0.25, -0.2) is 9.78 Å². The molecule has 0 aliphatic carbocycles. The second-order valence-corrected chi connectivity index (χ2v) is 7.90. The van der Waals surface area contributed by atoms with Crippen LogP contribution in [0.2, 0.25) is 0 Å². The zero-order valence-electron chi connectivity index (χ0n) is 17.8. The number of benzene rings is 2. The van der Waals surface area contributed by atoms with E-state index in [1.165, 1.54) is 5.56 Å². The van der Waals surface area contributed by atoms with Gasteiger partial charge in [0.2, 0.25) is 0 Å². The molecule has 4 N–H and O–H groups in total. The van der Waals surface area contributed by atoms with Crippen LogP contribution in [0.25, 0.3) is 11.1 Å². The van der Waals surface area contributed by atoms with E-state index in [0.717, 1.165) is 27.9 Å². The van der Waals surface area contributed by atoms with E-state index in [9.17, 15) is 4.79 Å². The molecule has 0 spiro atoms. The largest absolute Gasteiger partial charge is 0.380 e. The summed E-state index contributed by atoms with van der Waals surface area (Å²) >= 11 is 0. The number of carbonyl (C=O) groups is 1. The monoisotopic (exact) mass is 415 g/mol. The Hall–Kier alpha value is -3.87. The van der Waals surface area contributed by atoms with Crippen molar-refractivity contribution in [2.75, 3.05) is 16.4 Å². The number of carbonyl (C=O) groups excluding carboxylic acids is 1. The summed E-state index contributed by atoms with van der Waals surface area (Å²) < 4.78 is 5.20. The minimum atomic E-state index is -0.284. The maximum absolute atomic E-state index is 12.3. The maximum Gasteiger partial charge on any atom is 0.323 e. The molecule has 4 aromatic rings. The molecule has 0 atom stereocenters. The Balaban J connectivity index is 1.42. The zero-order valence-corrected chi connectivity index (χ0v) is 17.8. The summed E-state index contributed by atoms with van der Waals surface area (Å²) in [5.74, 6) is 0.795. The van der Waals surface area contributed by atoms with Crippen LogP contribution in [0, 0.1) is 6.92 Å². The first-order chi connectivity index (χ1) is 14.9. The number of nitrogens with one attached hydrogen (secondary N) is 2. The van der Waals surface area contributed by atoms with Gasteiger partial charge in [0.1, 0.15) is 0 Å². The molecular weight excluding hydrogens is 390 g/mol. The van der Waals surface area contributed by atoms with E-state index in [1.54, 1.807) is 0 Å². The van der Waals surface area contributed by atoms with Gasteiger partial charge in [0, 0.05) is 17.1 Å². The number of hydrogen-bond acceptors (Lipinski definition) is 5. The third kappa shape index (κ3) is 4.66. The van der Waals surface area contributed by atoms with Gasteiger partial charge in [-0.15, -0.1) is 0 Å². The number of aromatic nitrogens is 2. The van der Waals surface area contributed by atoms with E-state index in [2.05, 4.69) is 34.6 Å². The number of aryl methyl sites for hydroxylation is 1. The zero-order chi connectivity index (χ0) is 22.0. The molecule has 31 heavy (non-hydrogen) atoms. The fourth-order valence-electron chi connectivity index (χ4n) is 3.50. The molecule has 0 aliphatic rings. The predicted molar refractivity (Wildman–Crippen MR) is 123 cm³/mol. The molecule has 158 valence electrons. The average Bonchev–Trinajstić information content (AvgIpc) is 3.10. The predicted octanol–water partition coefficient (Wildman–Crippen LogP) is 5.47. The second kappa shape index (κ2) is 8.47. The molecule has 0 saturated carbocycles. The van der Waals surface area contributed by atoms with Crippen molar-refractivity contribution in [3.63, 3.8) is 0 Å². The summed E-state index contributed by atoms with van der Waals surface area (Å²) in [6.45, 7) is 6.18. The highest BCUT2D eigenvalue weighted by Crippen LogP contribution is 2.26. The van der Waals surface area contributed by atoms with Gasteiger partial charge < -0.3 is 20.9 Å². The van der Waals surface area contributed by atoms with Crippen molar-refractivity contribution in [1.82, 2.24) is 10.1 Å². The first-order valence-corrected chi connectivity index (χ1v) is 10.2. The number of nitrogen functional groups attached to an aromatic ring is 1. The summed E-state index contributed by atoms with van der Waals surface area (Å²) in [5.41, 5.74) is 12.0. The van der Waals surface area contributed by atoms with Crippen LogP contribution in [-0.2, 0) is 6.42 Å². The lowest BCUT2D eigenvalue weighted by atomic mass is 10.0. The van der Waals surface area contributed by atoms with Crippen LogP contribution in [-0.4, -0.2) is 16.2 Å². The minimum Gasteiger partial charge on any atom is -0.380 e. The molecule has 0 fully saturated rings. The van der Waals surface area contributed by atoms with E-state index in [4.69, 9.17) is 10.3 Å². The molecule has 0 radical (unpaired) electrons. The normalized spacial score (nSPS) is 11.1. The van der Waals surface area contributed by atoms with Gasteiger partial charge >= 0.3 is 6.03 Å². The van der Waals surface area contributed by atoms with E-state index in [-0.39, 0.29) is 6.03 Å². The number of anilines is 3. The van der Waals surface area contributed by atoms with Crippen LogP contribution in [0.3, 0.4) is 0 Å². The Kier molecular flexibility index (Phi) is 5.58. The first-order valence-electron chi connectivity index (χ1n) is 10.2. The van der Waals surface area contributed by atoms with Crippen molar-refractivity contribution >= 4 is 34.3 Å². The molecule has 2 aromatic heterocycles. The molecule has 0 unspecified atom stereocenters. The van der Waals surface area contributed by atoms with Gasteiger partial charge in [0.05, 0.1) is 5.39 Å². The van der Waals surface area contributed by atoms with E-state index in [1.807, 2.05) is 61.5 Å². The van der Waals surface area contributed by atoms with Gasteiger partial charge in [0.25, 0.3) is 5.71 Å². The SMILES string of the molecule is Cc1cc(Cc2ccc(NC(=O)Nc3ccc(C(C)C)cc3)cc2)c2c(N)noc2n1. The van der Waals surface area contributed by atoms with Crippen LogP contribution >= 0.6 is 0 Å². The van der Waals surface area contributed by atoms with Crippen molar-refractivity contribution in [3.8, 4) is 0 Å². The number of nitrogens with zero attached hydrogens (tertiary/aromatic N) is 2. The average molecular weight is 415 g/mol. The Labute approximate surface area is 180 Å². The number of pyridine rings is 1. The van der Waals surface area contributed by atoms with Crippen LogP contribution in [0.5, 0.6) is 0 Å². The number of fused-ring (bicyclic) bond motifs is 1. The molecular formula is C24H25N5O2. The Morgan fingerprint density at radius 2 is 1.65 bits per heavy atom. The van der Waals surface area contributed by atoms with Crippen LogP contribution in [0.15, 0.2) is 59.1 Å². The lowest BCUT2D eigenvalue weighted by molar-refractivity contribution is 0.262.